The Balaban J connectivity index is 1.65. The van der Waals surface area contributed by atoms with Crippen LogP contribution in [0.2, 0.25) is 0 Å². The highest BCUT2D eigenvalue weighted by Gasteiger charge is 2.63. The minimum Gasteiger partial charge on any atom is -0.486 e. The van der Waals surface area contributed by atoms with Crippen LogP contribution in [0.25, 0.3) is 0 Å². The summed E-state index contributed by atoms with van der Waals surface area (Å²) in [5.41, 5.74) is -1.31. The smallest absolute Gasteiger partial charge is 0.406 e. The van der Waals surface area contributed by atoms with E-state index in [1.54, 1.807) is 18.2 Å². The van der Waals surface area contributed by atoms with Crippen molar-refractivity contribution in [3.63, 3.8) is 0 Å². The van der Waals surface area contributed by atoms with Crippen LogP contribution in [0.1, 0.15) is 24.5 Å². The van der Waals surface area contributed by atoms with E-state index in [1.165, 1.54) is 0 Å². The molecule has 4 nitrogen and oxygen atoms in total. The molecule has 0 amide bonds. The van der Waals surface area contributed by atoms with E-state index < -0.39 is 17.8 Å². The van der Waals surface area contributed by atoms with Crippen LogP contribution in [-0.2, 0) is 0 Å². The Hall–Kier alpha value is -1.47. The number of benzene rings is 1. The Kier molecular flexibility index (Phi) is 3.49. The molecule has 21 heavy (non-hydrogen) atoms. The van der Waals surface area contributed by atoms with Crippen LogP contribution in [0.15, 0.2) is 18.2 Å². The van der Waals surface area contributed by atoms with Gasteiger partial charge in [-0.15, -0.1) is 0 Å². The SMILES string of the molecule is OC(CNC1(C(F)(F)F)CC1)c1ccc2c(c1)OCCO2. The molecular formula is C14H16F3NO3. The molecule has 0 bridgehead atoms. The van der Waals surface area contributed by atoms with Gasteiger partial charge in [-0.1, -0.05) is 6.07 Å². The van der Waals surface area contributed by atoms with Gasteiger partial charge in [0, 0.05) is 6.54 Å². The number of β-amino-alcohol motifs (C(OH)–C–C–N with tert-alkyl or cyclic N) is 1. The minimum absolute atomic E-state index is 0.0599. The Morgan fingerprint density at radius 1 is 1.19 bits per heavy atom. The van der Waals surface area contributed by atoms with Crippen molar-refractivity contribution in [1.29, 1.82) is 0 Å². The van der Waals surface area contributed by atoms with Crippen LogP contribution in [0, 0.1) is 0 Å². The summed E-state index contributed by atoms with van der Waals surface area (Å²) in [6.07, 6.45) is -5.19. The third-order valence-corrected chi connectivity index (χ3v) is 3.88. The highest BCUT2D eigenvalue weighted by Crippen LogP contribution is 2.49. The third kappa shape index (κ3) is 2.80. The van der Waals surface area contributed by atoms with Gasteiger partial charge in [-0.25, -0.2) is 0 Å². The fourth-order valence-corrected chi connectivity index (χ4v) is 2.36. The van der Waals surface area contributed by atoms with Crippen LogP contribution in [0.3, 0.4) is 0 Å². The summed E-state index contributed by atoms with van der Waals surface area (Å²) in [6.45, 7) is 0.728. The fourth-order valence-electron chi connectivity index (χ4n) is 2.36. The largest absolute Gasteiger partial charge is 0.486 e. The molecule has 1 aromatic rings. The van der Waals surface area contributed by atoms with Gasteiger partial charge in [0.1, 0.15) is 18.8 Å². The molecule has 1 aromatic carbocycles. The zero-order valence-corrected chi connectivity index (χ0v) is 11.2. The van der Waals surface area contributed by atoms with Crippen molar-refractivity contribution in [2.24, 2.45) is 0 Å². The second kappa shape index (κ2) is 5.06. The number of hydrogen-bond acceptors (Lipinski definition) is 4. The van der Waals surface area contributed by atoms with E-state index in [1.807, 2.05) is 0 Å². The van der Waals surface area contributed by atoms with Crippen molar-refractivity contribution in [2.75, 3.05) is 19.8 Å². The molecule has 3 rings (SSSR count). The van der Waals surface area contributed by atoms with Crippen molar-refractivity contribution in [1.82, 2.24) is 5.32 Å². The van der Waals surface area contributed by atoms with Crippen LogP contribution >= 0.6 is 0 Å². The molecule has 116 valence electrons. The fraction of sp³-hybridized carbons (Fsp3) is 0.571. The van der Waals surface area contributed by atoms with Crippen LogP contribution in [0.5, 0.6) is 11.5 Å². The van der Waals surface area contributed by atoms with E-state index >= 15 is 0 Å². The van der Waals surface area contributed by atoms with E-state index in [0.717, 1.165) is 0 Å². The van der Waals surface area contributed by atoms with Gasteiger partial charge in [0.2, 0.25) is 0 Å². The molecule has 1 atom stereocenters. The zero-order valence-electron chi connectivity index (χ0n) is 11.2. The number of hydrogen-bond donors (Lipinski definition) is 2. The van der Waals surface area contributed by atoms with Gasteiger partial charge >= 0.3 is 6.18 Å². The first-order valence-corrected chi connectivity index (χ1v) is 6.81. The second-order valence-electron chi connectivity index (χ2n) is 5.38. The predicted octanol–water partition coefficient (Wildman–Crippen LogP) is 2.18. The summed E-state index contributed by atoms with van der Waals surface area (Å²) in [5.74, 6) is 1.09. The van der Waals surface area contributed by atoms with Crippen LogP contribution < -0.4 is 14.8 Å². The third-order valence-electron chi connectivity index (χ3n) is 3.88. The minimum atomic E-state index is -4.28. The lowest BCUT2D eigenvalue weighted by Crippen LogP contribution is -2.46. The number of aliphatic hydroxyl groups excluding tert-OH is 1. The molecule has 0 aromatic heterocycles. The van der Waals surface area contributed by atoms with Crippen molar-refractivity contribution in [2.45, 2.75) is 30.7 Å². The van der Waals surface area contributed by atoms with Crippen molar-refractivity contribution >= 4 is 0 Å². The first kappa shape index (κ1) is 14.5. The summed E-state index contributed by atoms with van der Waals surface area (Å²) >= 11 is 0. The number of fused-ring (bicyclic) bond motifs is 1. The topological polar surface area (TPSA) is 50.7 Å². The molecule has 2 N–H and O–H groups in total. The molecular weight excluding hydrogens is 287 g/mol. The average molecular weight is 303 g/mol. The summed E-state index contributed by atoms with van der Waals surface area (Å²) < 4.78 is 49.1. The average Bonchev–Trinajstić information content (AvgIpc) is 3.25. The molecule has 1 aliphatic heterocycles. The summed E-state index contributed by atoms with van der Waals surface area (Å²) in [6, 6.07) is 4.89. The first-order valence-electron chi connectivity index (χ1n) is 6.81. The molecule has 1 saturated carbocycles. The number of ether oxygens (including phenoxy) is 2. The Labute approximate surface area is 119 Å². The molecule has 7 heteroatoms. The van der Waals surface area contributed by atoms with E-state index in [2.05, 4.69) is 5.32 Å². The van der Waals surface area contributed by atoms with Crippen molar-refractivity contribution < 1.29 is 27.8 Å². The van der Waals surface area contributed by atoms with Gasteiger partial charge in [-0.05, 0) is 30.5 Å². The van der Waals surface area contributed by atoms with Crippen molar-refractivity contribution in [3.05, 3.63) is 23.8 Å². The van der Waals surface area contributed by atoms with E-state index in [9.17, 15) is 18.3 Å². The monoisotopic (exact) mass is 303 g/mol. The van der Waals surface area contributed by atoms with Gasteiger partial charge in [-0.3, -0.25) is 0 Å². The van der Waals surface area contributed by atoms with E-state index in [4.69, 9.17) is 9.47 Å². The lowest BCUT2D eigenvalue weighted by Gasteiger charge is -2.24. The van der Waals surface area contributed by atoms with Crippen LogP contribution in [-0.4, -0.2) is 36.6 Å². The summed E-state index contributed by atoms with van der Waals surface area (Å²) in [7, 11) is 0. The Morgan fingerprint density at radius 2 is 1.86 bits per heavy atom. The van der Waals surface area contributed by atoms with Gasteiger partial charge in [0.05, 0.1) is 6.10 Å². The lowest BCUT2D eigenvalue weighted by atomic mass is 10.1. The number of aliphatic hydroxyl groups is 1. The van der Waals surface area contributed by atoms with E-state index in [0.29, 0.717) is 30.3 Å². The molecule has 1 heterocycles. The van der Waals surface area contributed by atoms with Crippen molar-refractivity contribution in [3.8, 4) is 11.5 Å². The standard InChI is InChI=1S/C14H16F3NO3/c15-14(16,17)13(3-4-13)18-8-10(19)9-1-2-11-12(7-9)21-6-5-20-11/h1-2,7,10,18-19H,3-6,8H2. The Morgan fingerprint density at radius 3 is 2.48 bits per heavy atom. The molecule has 0 spiro atoms. The summed E-state index contributed by atoms with van der Waals surface area (Å²) in [5, 5.41) is 12.5. The van der Waals surface area contributed by atoms with Gasteiger partial charge in [-0.2, -0.15) is 13.2 Å². The number of nitrogens with one attached hydrogen (secondary N) is 1. The number of rotatable bonds is 4. The number of halogens is 3. The predicted molar refractivity (Wildman–Crippen MR) is 68.4 cm³/mol. The molecule has 1 aliphatic carbocycles. The lowest BCUT2D eigenvalue weighted by molar-refractivity contribution is -0.166. The summed E-state index contributed by atoms with van der Waals surface area (Å²) in [4.78, 5) is 0. The van der Waals surface area contributed by atoms with Gasteiger partial charge in [0.15, 0.2) is 11.5 Å². The molecule has 0 radical (unpaired) electrons. The number of alkyl halides is 3. The maximum Gasteiger partial charge on any atom is 0.406 e. The van der Waals surface area contributed by atoms with Crippen LogP contribution in [0.4, 0.5) is 13.2 Å². The first-order chi connectivity index (χ1) is 9.91. The maximum absolute atomic E-state index is 12.8. The zero-order chi connectivity index (χ0) is 15.1. The maximum atomic E-state index is 12.8. The van der Waals surface area contributed by atoms with E-state index in [-0.39, 0.29) is 19.4 Å². The highest BCUT2D eigenvalue weighted by atomic mass is 19.4. The Bertz CT molecular complexity index is 529. The van der Waals surface area contributed by atoms with Gasteiger partial charge < -0.3 is 19.9 Å². The molecule has 0 saturated heterocycles. The second-order valence-corrected chi connectivity index (χ2v) is 5.38. The quantitative estimate of drug-likeness (QED) is 0.895. The van der Waals surface area contributed by atoms with Gasteiger partial charge in [0.25, 0.3) is 0 Å². The molecule has 2 aliphatic rings. The normalized spacial score (nSPS) is 21.0. The highest BCUT2D eigenvalue weighted by molar-refractivity contribution is 5.44. The molecule has 1 fully saturated rings. The molecule has 1 unspecified atom stereocenters.